The maximum Gasteiger partial charge on any atom is 0.0336 e. The Morgan fingerprint density at radius 3 is 1.75 bits per heavy atom. The van der Waals surface area contributed by atoms with Gasteiger partial charge in [-0.3, -0.25) is 0 Å². The molecular formula is C11H19Cl. The molecule has 0 aliphatic heterocycles. The van der Waals surface area contributed by atoms with Crippen molar-refractivity contribution in [2.45, 2.75) is 56.7 Å². The van der Waals surface area contributed by atoms with Crippen LogP contribution in [0.1, 0.15) is 51.4 Å². The van der Waals surface area contributed by atoms with Crippen LogP contribution in [0.5, 0.6) is 0 Å². The van der Waals surface area contributed by atoms with Crippen molar-refractivity contribution in [1.29, 1.82) is 0 Å². The van der Waals surface area contributed by atoms with E-state index in [0.717, 1.165) is 11.8 Å². The van der Waals surface area contributed by atoms with E-state index in [1.807, 2.05) is 0 Å². The normalized spacial score (nSPS) is 38.8. The van der Waals surface area contributed by atoms with Gasteiger partial charge in [-0.05, 0) is 37.5 Å². The van der Waals surface area contributed by atoms with Crippen LogP contribution in [0, 0.1) is 11.8 Å². The zero-order valence-electron chi connectivity index (χ0n) is 7.77. The number of hydrogen-bond acceptors (Lipinski definition) is 0. The van der Waals surface area contributed by atoms with Crippen LogP contribution in [0.4, 0.5) is 0 Å². The first-order valence-electron chi connectivity index (χ1n) is 5.50. The van der Waals surface area contributed by atoms with Gasteiger partial charge in [-0.15, -0.1) is 11.6 Å². The van der Waals surface area contributed by atoms with Gasteiger partial charge in [0.2, 0.25) is 0 Å². The molecule has 0 bridgehead atoms. The van der Waals surface area contributed by atoms with E-state index in [1.54, 1.807) is 0 Å². The van der Waals surface area contributed by atoms with Gasteiger partial charge in [0.15, 0.2) is 0 Å². The van der Waals surface area contributed by atoms with Gasteiger partial charge in [-0.25, -0.2) is 0 Å². The fraction of sp³-hybridized carbons (Fsp3) is 1.00. The second-order valence-electron chi connectivity index (χ2n) is 4.56. The highest BCUT2D eigenvalue weighted by atomic mass is 35.5. The number of alkyl halides is 1. The fourth-order valence-electron chi connectivity index (χ4n) is 2.98. The lowest BCUT2D eigenvalue weighted by Gasteiger charge is -2.29. The lowest BCUT2D eigenvalue weighted by molar-refractivity contribution is 0.254. The third kappa shape index (κ3) is 1.96. The molecule has 0 aromatic heterocycles. The molecular weight excluding hydrogens is 168 g/mol. The van der Waals surface area contributed by atoms with Crippen molar-refractivity contribution in [2.75, 3.05) is 0 Å². The number of rotatable bonds is 1. The lowest BCUT2D eigenvalue weighted by atomic mass is 9.79. The van der Waals surface area contributed by atoms with Crippen molar-refractivity contribution >= 4 is 11.6 Å². The van der Waals surface area contributed by atoms with Gasteiger partial charge in [0.1, 0.15) is 0 Å². The first kappa shape index (κ1) is 8.87. The van der Waals surface area contributed by atoms with Crippen LogP contribution in [0.3, 0.4) is 0 Å². The monoisotopic (exact) mass is 186 g/mol. The molecule has 0 aromatic carbocycles. The van der Waals surface area contributed by atoms with E-state index in [2.05, 4.69) is 0 Å². The van der Waals surface area contributed by atoms with Crippen molar-refractivity contribution in [1.82, 2.24) is 0 Å². The minimum absolute atomic E-state index is 0.502. The first-order valence-corrected chi connectivity index (χ1v) is 5.94. The molecule has 0 nitrogen and oxygen atoms in total. The molecule has 0 N–H and O–H groups in total. The zero-order chi connectivity index (χ0) is 8.39. The third-order valence-electron chi connectivity index (χ3n) is 3.77. The predicted molar refractivity (Wildman–Crippen MR) is 53.6 cm³/mol. The predicted octanol–water partition coefficient (Wildman–Crippen LogP) is 3.97. The van der Waals surface area contributed by atoms with Crippen molar-refractivity contribution in [3.63, 3.8) is 0 Å². The fourth-order valence-corrected chi connectivity index (χ4v) is 3.23. The standard InChI is InChI=1S/C11H19Cl/c12-11-7-5-10(6-8-11)9-3-1-2-4-9/h9-11H,1-8H2/t10-,11+. The molecule has 0 aromatic rings. The topological polar surface area (TPSA) is 0 Å². The summed E-state index contributed by atoms with van der Waals surface area (Å²) in [6.07, 6.45) is 11.4. The van der Waals surface area contributed by atoms with Crippen molar-refractivity contribution < 1.29 is 0 Å². The Labute approximate surface area is 80.7 Å². The van der Waals surface area contributed by atoms with Gasteiger partial charge in [-0.1, -0.05) is 25.7 Å². The van der Waals surface area contributed by atoms with Gasteiger partial charge in [0.05, 0.1) is 0 Å². The van der Waals surface area contributed by atoms with Crippen molar-refractivity contribution in [2.24, 2.45) is 11.8 Å². The number of halogens is 1. The molecule has 2 fully saturated rings. The lowest BCUT2D eigenvalue weighted by Crippen LogP contribution is -2.20. The van der Waals surface area contributed by atoms with Gasteiger partial charge >= 0.3 is 0 Å². The Morgan fingerprint density at radius 1 is 0.667 bits per heavy atom. The first-order chi connectivity index (χ1) is 5.86. The van der Waals surface area contributed by atoms with Crippen LogP contribution in [0.15, 0.2) is 0 Å². The second-order valence-corrected chi connectivity index (χ2v) is 5.17. The minimum Gasteiger partial charge on any atom is -0.123 e. The van der Waals surface area contributed by atoms with Crippen molar-refractivity contribution in [3.8, 4) is 0 Å². The Bertz CT molecular complexity index is 130. The molecule has 70 valence electrons. The van der Waals surface area contributed by atoms with Gasteiger partial charge in [0, 0.05) is 5.38 Å². The highest BCUT2D eigenvalue weighted by Crippen LogP contribution is 2.40. The summed E-state index contributed by atoms with van der Waals surface area (Å²) in [4.78, 5) is 0. The summed E-state index contributed by atoms with van der Waals surface area (Å²) in [6.45, 7) is 0. The molecule has 12 heavy (non-hydrogen) atoms. The van der Waals surface area contributed by atoms with Gasteiger partial charge in [0.25, 0.3) is 0 Å². The second kappa shape index (κ2) is 4.00. The summed E-state index contributed by atoms with van der Waals surface area (Å²) in [6, 6.07) is 0. The van der Waals surface area contributed by atoms with E-state index in [0.29, 0.717) is 5.38 Å². The molecule has 0 radical (unpaired) electrons. The molecule has 0 spiro atoms. The zero-order valence-corrected chi connectivity index (χ0v) is 8.52. The van der Waals surface area contributed by atoms with Crippen LogP contribution in [-0.2, 0) is 0 Å². The van der Waals surface area contributed by atoms with E-state index in [9.17, 15) is 0 Å². The summed E-state index contributed by atoms with van der Waals surface area (Å²) in [5, 5.41) is 0.502. The highest BCUT2D eigenvalue weighted by molar-refractivity contribution is 6.20. The van der Waals surface area contributed by atoms with Crippen LogP contribution < -0.4 is 0 Å². The van der Waals surface area contributed by atoms with E-state index < -0.39 is 0 Å². The molecule has 0 amide bonds. The quantitative estimate of drug-likeness (QED) is 0.544. The Balaban J connectivity index is 1.80. The van der Waals surface area contributed by atoms with Crippen LogP contribution >= 0.6 is 11.6 Å². The maximum absolute atomic E-state index is 6.09. The van der Waals surface area contributed by atoms with E-state index in [4.69, 9.17) is 11.6 Å². The van der Waals surface area contributed by atoms with E-state index >= 15 is 0 Å². The van der Waals surface area contributed by atoms with Crippen molar-refractivity contribution in [3.05, 3.63) is 0 Å². The SMILES string of the molecule is Cl[C@H]1CC[C@@H](C2CCCC2)CC1. The number of hydrogen-bond donors (Lipinski definition) is 0. The smallest absolute Gasteiger partial charge is 0.0336 e. The molecule has 2 rings (SSSR count). The summed E-state index contributed by atoms with van der Waals surface area (Å²) in [7, 11) is 0. The van der Waals surface area contributed by atoms with Crippen LogP contribution in [0.25, 0.3) is 0 Å². The molecule has 0 unspecified atom stereocenters. The molecule has 2 aliphatic rings. The van der Waals surface area contributed by atoms with Gasteiger partial charge in [-0.2, -0.15) is 0 Å². The highest BCUT2D eigenvalue weighted by Gasteiger charge is 2.28. The van der Waals surface area contributed by atoms with Gasteiger partial charge < -0.3 is 0 Å². The molecule has 1 heteroatoms. The maximum atomic E-state index is 6.09. The summed E-state index contributed by atoms with van der Waals surface area (Å²) in [5.74, 6) is 2.12. The third-order valence-corrected chi connectivity index (χ3v) is 4.20. The molecule has 2 saturated carbocycles. The average Bonchev–Trinajstić information content (AvgIpc) is 2.58. The summed E-state index contributed by atoms with van der Waals surface area (Å²) in [5.41, 5.74) is 0. The average molecular weight is 187 g/mol. The van der Waals surface area contributed by atoms with Crippen LogP contribution in [0.2, 0.25) is 0 Å². The van der Waals surface area contributed by atoms with E-state index in [1.165, 1.54) is 51.4 Å². The molecule has 2 aliphatic carbocycles. The summed E-state index contributed by atoms with van der Waals surface area (Å²) >= 11 is 6.09. The largest absolute Gasteiger partial charge is 0.123 e. The van der Waals surface area contributed by atoms with Crippen LogP contribution in [-0.4, -0.2) is 5.38 Å². The molecule has 0 heterocycles. The molecule has 0 saturated heterocycles. The Hall–Kier alpha value is 0.290. The van der Waals surface area contributed by atoms with E-state index in [-0.39, 0.29) is 0 Å². The Kier molecular flexibility index (Phi) is 2.96. The minimum atomic E-state index is 0.502. The molecule has 0 atom stereocenters. The summed E-state index contributed by atoms with van der Waals surface area (Å²) < 4.78 is 0. The Morgan fingerprint density at radius 2 is 1.17 bits per heavy atom.